The van der Waals surface area contributed by atoms with Gasteiger partial charge in [-0.3, -0.25) is 9.59 Å². The summed E-state index contributed by atoms with van der Waals surface area (Å²) in [6.07, 6.45) is 3.85. The van der Waals surface area contributed by atoms with Crippen LogP contribution in [0.3, 0.4) is 0 Å². The monoisotopic (exact) mass is 232 g/mol. The van der Waals surface area contributed by atoms with Gasteiger partial charge in [0.25, 0.3) is 0 Å². The van der Waals surface area contributed by atoms with Gasteiger partial charge < -0.3 is 10.6 Å². The summed E-state index contributed by atoms with van der Waals surface area (Å²) in [7, 11) is 0. The summed E-state index contributed by atoms with van der Waals surface area (Å²) >= 11 is 0. The highest BCUT2D eigenvalue weighted by Gasteiger charge is 2.21. The van der Waals surface area contributed by atoms with Gasteiger partial charge in [-0.15, -0.1) is 0 Å². The van der Waals surface area contributed by atoms with Crippen LogP contribution in [-0.4, -0.2) is 23.9 Å². The number of hydrogen-bond acceptors (Lipinski definition) is 2. The Kier molecular flexibility index (Phi) is 7.60. The molecule has 1 saturated carbocycles. The molecule has 0 unspecified atom stereocenters. The van der Waals surface area contributed by atoms with Gasteiger partial charge in [0.1, 0.15) is 0 Å². The van der Waals surface area contributed by atoms with Crippen LogP contribution in [0.5, 0.6) is 0 Å². The van der Waals surface area contributed by atoms with Crippen LogP contribution in [0, 0.1) is 0 Å². The smallest absolute Gasteiger partial charge is 0.217 e. The molecule has 0 atom stereocenters. The maximum Gasteiger partial charge on any atom is 0.217 e. The molecular weight excluding hydrogens is 204 g/mol. The van der Waals surface area contributed by atoms with Crippen molar-refractivity contribution in [1.29, 1.82) is 0 Å². The Morgan fingerprint density at radius 3 is 1.31 bits per heavy atom. The fourth-order valence-electron chi connectivity index (χ4n) is 1.96. The molecule has 0 aromatic carbocycles. The van der Waals surface area contributed by atoms with E-state index in [4.69, 9.17) is 0 Å². The van der Waals surface area contributed by atoms with Gasteiger partial charge in [-0.05, 0) is 25.7 Å². The molecule has 1 aliphatic rings. The summed E-state index contributed by atoms with van der Waals surface area (Å²) in [6, 6.07) is 0.606. The van der Waals surface area contributed by atoms with E-state index in [0.29, 0.717) is 12.1 Å². The molecule has 4 heteroatoms. The number of amides is 2. The summed E-state index contributed by atoms with van der Waals surface area (Å²) < 4.78 is 0. The van der Waals surface area contributed by atoms with Crippen molar-refractivity contribution < 1.29 is 12.4 Å². The highest BCUT2D eigenvalue weighted by atomic mass is 16.2. The van der Waals surface area contributed by atoms with Crippen LogP contribution in [0.1, 0.15) is 56.2 Å². The third kappa shape index (κ3) is 6.43. The topological polar surface area (TPSA) is 58.2 Å². The molecule has 0 spiro atoms. The first-order chi connectivity index (χ1) is 7.58. The zero-order valence-electron chi connectivity index (χ0n) is 10.8. The third-order valence-electron chi connectivity index (χ3n) is 2.54. The van der Waals surface area contributed by atoms with Crippen LogP contribution >= 0.6 is 0 Å². The SMILES string of the molecule is CC.CC(=O)NC1CCC(NC(C)=O)CC1.[HH].[HH]. The Morgan fingerprint density at radius 1 is 0.875 bits per heavy atom. The molecule has 0 radical (unpaired) electrons. The number of carbonyl (C=O) groups is 2. The lowest BCUT2D eigenvalue weighted by atomic mass is 9.91. The average molecular weight is 232 g/mol. The molecule has 1 fully saturated rings. The van der Waals surface area contributed by atoms with Crippen molar-refractivity contribution in [3.05, 3.63) is 0 Å². The first kappa shape index (κ1) is 14.9. The van der Waals surface area contributed by atoms with Crippen molar-refractivity contribution in [3.8, 4) is 0 Å². The van der Waals surface area contributed by atoms with Gasteiger partial charge in [-0.25, -0.2) is 0 Å². The molecule has 2 amide bonds. The molecule has 1 aliphatic carbocycles. The van der Waals surface area contributed by atoms with Crippen molar-refractivity contribution in [1.82, 2.24) is 10.6 Å². The summed E-state index contributed by atoms with van der Waals surface area (Å²) in [5, 5.41) is 5.81. The standard InChI is InChI=1S/C10H18N2O2.C2H6.2H2/c1-7(13)11-9-3-5-10(6-4-9)12-8(2)14;1-2;;/h9-10H,3-6H2,1-2H3,(H,11,13)(H,12,14);1-2H3;2*1H. The van der Waals surface area contributed by atoms with E-state index >= 15 is 0 Å². The molecule has 0 aromatic rings. The molecule has 0 aromatic heterocycles. The molecule has 2 N–H and O–H groups in total. The van der Waals surface area contributed by atoms with E-state index in [1.807, 2.05) is 13.8 Å². The summed E-state index contributed by atoms with van der Waals surface area (Å²) in [5.41, 5.74) is 0. The second kappa shape index (κ2) is 8.13. The van der Waals surface area contributed by atoms with Crippen LogP contribution in [0.2, 0.25) is 0 Å². The van der Waals surface area contributed by atoms with Gasteiger partial charge in [0.2, 0.25) is 11.8 Å². The summed E-state index contributed by atoms with van der Waals surface area (Å²) in [6.45, 7) is 7.08. The van der Waals surface area contributed by atoms with Crippen molar-refractivity contribution in [2.45, 2.75) is 65.5 Å². The molecule has 4 nitrogen and oxygen atoms in total. The van der Waals surface area contributed by atoms with E-state index < -0.39 is 0 Å². The van der Waals surface area contributed by atoms with Gasteiger partial charge >= 0.3 is 0 Å². The second-order valence-corrected chi connectivity index (χ2v) is 3.95. The maximum atomic E-state index is 10.8. The van der Waals surface area contributed by atoms with E-state index in [0.717, 1.165) is 25.7 Å². The lowest BCUT2D eigenvalue weighted by Crippen LogP contribution is -2.42. The fourth-order valence-corrected chi connectivity index (χ4v) is 1.96. The van der Waals surface area contributed by atoms with E-state index in [2.05, 4.69) is 10.6 Å². The Hall–Kier alpha value is -1.06. The van der Waals surface area contributed by atoms with Crippen molar-refractivity contribution in [2.75, 3.05) is 0 Å². The fraction of sp³-hybridized carbons (Fsp3) is 0.833. The van der Waals surface area contributed by atoms with Crippen LogP contribution in [-0.2, 0) is 9.59 Å². The maximum absolute atomic E-state index is 10.8. The second-order valence-electron chi connectivity index (χ2n) is 3.95. The number of nitrogens with one attached hydrogen (secondary N) is 2. The highest BCUT2D eigenvalue weighted by Crippen LogP contribution is 2.18. The van der Waals surface area contributed by atoms with Gasteiger partial charge in [0, 0.05) is 28.8 Å². The van der Waals surface area contributed by atoms with Crippen LogP contribution in [0.25, 0.3) is 0 Å². The Balaban J connectivity index is -0.000000534. The molecular formula is C12H28N2O2. The van der Waals surface area contributed by atoms with Crippen molar-refractivity contribution >= 4 is 11.8 Å². The van der Waals surface area contributed by atoms with Gasteiger partial charge in [0.05, 0.1) is 0 Å². The first-order valence-corrected chi connectivity index (χ1v) is 6.12. The van der Waals surface area contributed by atoms with Crippen LogP contribution in [0.15, 0.2) is 0 Å². The third-order valence-corrected chi connectivity index (χ3v) is 2.54. The van der Waals surface area contributed by atoms with Crippen molar-refractivity contribution in [2.24, 2.45) is 0 Å². The van der Waals surface area contributed by atoms with E-state index in [9.17, 15) is 9.59 Å². The van der Waals surface area contributed by atoms with Crippen LogP contribution in [0.4, 0.5) is 0 Å². The number of carbonyl (C=O) groups excluding carboxylic acids is 2. The molecule has 0 aliphatic heterocycles. The number of rotatable bonds is 2. The van der Waals surface area contributed by atoms with E-state index in [1.54, 1.807) is 13.8 Å². The average Bonchev–Trinajstić information content (AvgIpc) is 2.22. The molecule has 1 rings (SSSR count). The van der Waals surface area contributed by atoms with Gasteiger partial charge in [0.15, 0.2) is 0 Å². The predicted octanol–water partition coefficient (Wildman–Crippen LogP) is 2.09. The van der Waals surface area contributed by atoms with Crippen LogP contribution < -0.4 is 10.6 Å². The lowest BCUT2D eigenvalue weighted by Gasteiger charge is -2.29. The quantitative estimate of drug-likeness (QED) is 0.766. The van der Waals surface area contributed by atoms with Gasteiger partial charge in [-0.2, -0.15) is 0 Å². The largest absolute Gasteiger partial charge is 0.354 e. The molecule has 16 heavy (non-hydrogen) atoms. The molecule has 98 valence electrons. The molecule has 0 heterocycles. The summed E-state index contributed by atoms with van der Waals surface area (Å²) in [5.74, 6) is 0.0703. The van der Waals surface area contributed by atoms with Crippen molar-refractivity contribution in [3.63, 3.8) is 0 Å². The molecule has 0 saturated heterocycles. The predicted molar refractivity (Wildman–Crippen MR) is 69.3 cm³/mol. The minimum absolute atomic E-state index is 0. The normalized spacial score (nSPS) is 23.8. The Morgan fingerprint density at radius 2 is 1.12 bits per heavy atom. The Labute approximate surface area is 101 Å². The van der Waals surface area contributed by atoms with E-state index in [1.165, 1.54) is 0 Å². The molecule has 0 bridgehead atoms. The van der Waals surface area contributed by atoms with Gasteiger partial charge in [-0.1, -0.05) is 13.8 Å². The minimum atomic E-state index is 0. The number of hydrogen-bond donors (Lipinski definition) is 2. The lowest BCUT2D eigenvalue weighted by molar-refractivity contribution is -0.121. The Bertz CT molecular complexity index is 206. The minimum Gasteiger partial charge on any atom is -0.354 e. The summed E-state index contributed by atoms with van der Waals surface area (Å²) in [4.78, 5) is 21.6. The zero-order chi connectivity index (χ0) is 12.6. The zero-order valence-corrected chi connectivity index (χ0v) is 10.8. The van der Waals surface area contributed by atoms with E-state index in [-0.39, 0.29) is 14.7 Å². The first-order valence-electron chi connectivity index (χ1n) is 6.12. The highest BCUT2D eigenvalue weighted by molar-refractivity contribution is 5.73.